The van der Waals surface area contributed by atoms with Crippen LogP contribution in [0.5, 0.6) is 0 Å². The van der Waals surface area contributed by atoms with Crippen LogP contribution in [0.25, 0.3) is 0 Å². The van der Waals surface area contributed by atoms with Gasteiger partial charge in [0, 0.05) is 22.9 Å². The van der Waals surface area contributed by atoms with Gasteiger partial charge in [0.1, 0.15) is 0 Å². The van der Waals surface area contributed by atoms with E-state index in [2.05, 4.69) is 6.92 Å². The molecule has 0 spiro atoms. The van der Waals surface area contributed by atoms with Crippen LogP contribution in [0, 0.1) is 0 Å². The maximum atomic E-state index is 5.86. The highest BCUT2D eigenvalue weighted by atomic mass is 35.5. The first-order valence-electron chi connectivity index (χ1n) is 5.43. The van der Waals surface area contributed by atoms with E-state index in [1.54, 1.807) is 12.1 Å². The maximum absolute atomic E-state index is 5.86. The highest BCUT2D eigenvalue weighted by molar-refractivity contribution is 6.30. The zero-order valence-corrected chi connectivity index (χ0v) is 10.3. The van der Waals surface area contributed by atoms with Crippen LogP contribution in [0.3, 0.4) is 0 Å². The van der Waals surface area contributed by atoms with Crippen molar-refractivity contribution in [2.45, 2.75) is 20.0 Å². The van der Waals surface area contributed by atoms with Crippen molar-refractivity contribution in [2.24, 2.45) is 0 Å². The molecule has 1 aromatic carbocycles. The Balaban J connectivity index is 2.23. The van der Waals surface area contributed by atoms with E-state index >= 15 is 0 Å². The number of hydrogen-bond donors (Lipinski definition) is 1. The molecular weight excluding hydrogens is 226 g/mol. The number of nitrogen functional groups attached to an aromatic ring is 1. The quantitative estimate of drug-likeness (QED) is 0.592. The molecule has 0 bridgehead atoms. The van der Waals surface area contributed by atoms with Crippen LogP contribution in [0.2, 0.25) is 5.02 Å². The van der Waals surface area contributed by atoms with Crippen LogP contribution in [-0.2, 0) is 16.1 Å². The molecule has 0 fully saturated rings. The van der Waals surface area contributed by atoms with Crippen molar-refractivity contribution in [3.8, 4) is 0 Å². The normalized spacial score (nSPS) is 10.6. The molecule has 0 radical (unpaired) electrons. The molecule has 4 heteroatoms. The number of anilines is 1. The van der Waals surface area contributed by atoms with Crippen molar-refractivity contribution in [1.82, 2.24) is 0 Å². The van der Waals surface area contributed by atoms with Gasteiger partial charge in [0.15, 0.2) is 0 Å². The fourth-order valence-electron chi connectivity index (χ4n) is 1.25. The molecule has 90 valence electrons. The van der Waals surface area contributed by atoms with Crippen LogP contribution in [0.4, 0.5) is 5.69 Å². The number of rotatable bonds is 7. The lowest BCUT2D eigenvalue weighted by Crippen LogP contribution is -2.06. The average Bonchev–Trinajstić information content (AvgIpc) is 2.28. The monoisotopic (exact) mass is 243 g/mol. The lowest BCUT2D eigenvalue weighted by molar-refractivity contribution is 0.0410. The van der Waals surface area contributed by atoms with Crippen LogP contribution >= 0.6 is 11.6 Å². The summed E-state index contributed by atoms with van der Waals surface area (Å²) in [6, 6.07) is 5.38. The molecule has 0 aliphatic heterocycles. The SMILES string of the molecule is CCCOCCOCc1cc(Cl)ccc1N. The molecule has 0 aliphatic carbocycles. The predicted octanol–water partition coefficient (Wildman–Crippen LogP) is 2.87. The van der Waals surface area contributed by atoms with E-state index in [1.165, 1.54) is 0 Å². The summed E-state index contributed by atoms with van der Waals surface area (Å²) in [4.78, 5) is 0. The molecule has 0 aliphatic rings. The van der Waals surface area contributed by atoms with Gasteiger partial charge in [-0.1, -0.05) is 18.5 Å². The minimum Gasteiger partial charge on any atom is -0.398 e. The number of nitrogens with two attached hydrogens (primary N) is 1. The Bertz CT molecular complexity index is 318. The van der Waals surface area contributed by atoms with E-state index in [9.17, 15) is 0 Å². The van der Waals surface area contributed by atoms with Crippen molar-refractivity contribution in [3.05, 3.63) is 28.8 Å². The minimum atomic E-state index is 0.474. The van der Waals surface area contributed by atoms with Crippen LogP contribution < -0.4 is 5.73 Å². The fraction of sp³-hybridized carbons (Fsp3) is 0.500. The van der Waals surface area contributed by atoms with E-state index < -0.39 is 0 Å². The molecule has 1 rings (SSSR count). The van der Waals surface area contributed by atoms with Crippen molar-refractivity contribution in [1.29, 1.82) is 0 Å². The molecule has 0 atom stereocenters. The first-order chi connectivity index (χ1) is 7.74. The Morgan fingerprint density at radius 1 is 1.19 bits per heavy atom. The van der Waals surface area contributed by atoms with Crippen LogP contribution in [0.15, 0.2) is 18.2 Å². The lowest BCUT2D eigenvalue weighted by Gasteiger charge is -2.07. The van der Waals surface area contributed by atoms with Gasteiger partial charge < -0.3 is 15.2 Å². The van der Waals surface area contributed by atoms with Gasteiger partial charge in [-0.2, -0.15) is 0 Å². The van der Waals surface area contributed by atoms with E-state index in [0.29, 0.717) is 30.5 Å². The highest BCUT2D eigenvalue weighted by Crippen LogP contribution is 2.18. The Morgan fingerprint density at radius 2 is 1.94 bits per heavy atom. The Labute approximate surface area is 101 Å². The predicted molar refractivity (Wildman–Crippen MR) is 66.6 cm³/mol. The number of benzene rings is 1. The zero-order valence-electron chi connectivity index (χ0n) is 9.54. The third-order valence-corrected chi connectivity index (χ3v) is 2.32. The van der Waals surface area contributed by atoms with E-state index in [4.69, 9.17) is 26.8 Å². The van der Waals surface area contributed by atoms with Gasteiger partial charge in [0.2, 0.25) is 0 Å². The number of ether oxygens (including phenoxy) is 2. The largest absolute Gasteiger partial charge is 0.398 e. The standard InChI is InChI=1S/C12H18ClNO2/c1-2-5-15-6-7-16-9-10-8-11(13)3-4-12(10)14/h3-4,8H,2,5-7,9,14H2,1H3. The van der Waals surface area contributed by atoms with Gasteiger partial charge in [0.05, 0.1) is 19.8 Å². The molecule has 16 heavy (non-hydrogen) atoms. The van der Waals surface area contributed by atoms with E-state index in [1.807, 2.05) is 6.07 Å². The van der Waals surface area contributed by atoms with Crippen molar-refractivity contribution >= 4 is 17.3 Å². The summed E-state index contributed by atoms with van der Waals surface area (Å²) in [6.07, 6.45) is 1.03. The molecule has 0 heterocycles. The second-order valence-corrected chi connectivity index (χ2v) is 3.94. The molecule has 0 unspecified atom stereocenters. The topological polar surface area (TPSA) is 44.5 Å². The molecule has 0 saturated carbocycles. The first kappa shape index (κ1) is 13.3. The maximum Gasteiger partial charge on any atom is 0.0738 e. The van der Waals surface area contributed by atoms with Crippen molar-refractivity contribution in [3.63, 3.8) is 0 Å². The Kier molecular flexibility index (Phi) is 6.23. The third-order valence-electron chi connectivity index (χ3n) is 2.08. The Morgan fingerprint density at radius 3 is 2.69 bits per heavy atom. The number of hydrogen-bond acceptors (Lipinski definition) is 3. The Hall–Kier alpha value is -0.770. The van der Waals surface area contributed by atoms with Crippen LogP contribution in [0.1, 0.15) is 18.9 Å². The smallest absolute Gasteiger partial charge is 0.0738 e. The van der Waals surface area contributed by atoms with E-state index in [0.717, 1.165) is 18.6 Å². The van der Waals surface area contributed by atoms with Crippen molar-refractivity contribution < 1.29 is 9.47 Å². The summed E-state index contributed by atoms with van der Waals surface area (Å²) in [6.45, 7) is 4.53. The number of halogens is 1. The zero-order chi connectivity index (χ0) is 11.8. The van der Waals surface area contributed by atoms with Gasteiger partial charge in [0.25, 0.3) is 0 Å². The van der Waals surface area contributed by atoms with Gasteiger partial charge in [-0.05, 0) is 24.6 Å². The summed E-state index contributed by atoms with van der Waals surface area (Å²) >= 11 is 5.86. The molecule has 0 amide bonds. The third kappa shape index (κ3) is 4.84. The molecule has 2 N–H and O–H groups in total. The second kappa shape index (κ2) is 7.49. The average molecular weight is 244 g/mol. The molecule has 3 nitrogen and oxygen atoms in total. The molecule has 1 aromatic rings. The van der Waals surface area contributed by atoms with Gasteiger partial charge in [-0.15, -0.1) is 0 Å². The lowest BCUT2D eigenvalue weighted by atomic mass is 10.2. The summed E-state index contributed by atoms with van der Waals surface area (Å²) in [7, 11) is 0. The molecule has 0 saturated heterocycles. The van der Waals surface area contributed by atoms with Gasteiger partial charge >= 0.3 is 0 Å². The molecular formula is C12H18ClNO2. The van der Waals surface area contributed by atoms with Gasteiger partial charge in [-0.25, -0.2) is 0 Å². The molecule has 0 aromatic heterocycles. The van der Waals surface area contributed by atoms with Gasteiger partial charge in [-0.3, -0.25) is 0 Å². The summed E-state index contributed by atoms with van der Waals surface area (Å²) < 4.78 is 10.7. The first-order valence-corrected chi connectivity index (χ1v) is 5.81. The highest BCUT2D eigenvalue weighted by Gasteiger charge is 2.00. The fourth-order valence-corrected chi connectivity index (χ4v) is 1.44. The summed E-state index contributed by atoms with van der Waals surface area (Å²) in [5, 5.41) is 0.676. The van der Waals surface area contributed by atoms with E-state index in [-0.39, 0.29) is 0 Å². The van der Waals surface area contributed by atoms with Crippen LogP contribution in [-0.4, -0.2) is 19.8 Å². The summed E-state index contributed by atoms with van der Waals surface area (Å²) in [5.41, 5.74) is 7.41. The second-order valence-electron chi connectivity index (χ2n) is 3.51. The minimum absolute atomic E-state index is 0.474. The van der Waals surface area contributed by atoms with Crippen molar-refractivity contribution in [2.75, 3.05) is 25.6 Å². The summed E-state index contributed by atoms with van der Waals surface area (Å²) in [5.74, 6) is 0.